The number of carbonyl (C=O) groups excluding carboxylic acids is 4. The van der Waals surface area contributed by atoms with Crippen LogP contribution in [0.25, 0.3) is 0 Å². The standard InChI is InChI=1S/C73H142O17P2/c1-9-65(7)51-43-35-27-19-14-16-21-29-37-45-53-70(75)83-59-68(89-72(77)55-47-39-30-22-13-11-12-18-25-33-41-49-63(3)4)61-87-91(79,80)85-57-67(74)58-86-92(81,82)88-62-69(60-84-71(76)54-46-38-32-24-26-34-42-50-64(5)6)90-73(78)56-48-40-31-23-17-15-20-28-36-44-52-66(8)10-2/h63-69,74H,9-62H2,1-8H3,(H,79,80)(H,81,82)/t65?,66?,67?,68-,69-/m1/s1. The summed E-state index contributed by atoms with van der Waals surface area (Å²) in [5, 5.41) is 10.6. The summed E-state index contributed by atoms with van der Waals surface area (Å²) >= 11 is 0. The van der Waals surface area contributed by atoms with Gasteiger partial charge in [-0.25, -0.2) is 9.13 Å². The van der Waals surface area contributed by atoms with Crippen LogP contribution in [-0.2, 0) is 65.4 Å². The Morgan fingerprint density at radius 3 is 0.772 bits per heavy atom. The highest BCUT2D eigenvalue weighted by molar-refractivity contribution is 7.47. The maximum Gasteiger partial charge on any atom is 0.472 e. The zero-order chi connectivity index (χ0) is 68.2. The van der Waals surface area contributed by atoms with Gasteiger partial charge in [0, 0.05) is 25.7 Å². The fourth-order valence-electron chi connectivity index (χ4n) is 11.0. The molecule has 17 nitrogen and oxygen atoms in total. The molecule has 3 N–H and O–H groups in total. The number of phosphoric ester groups is 2. The molecule has 5 unspecified atom stereocenters. The van der Waals surface area contributed by atoms with Gasteiger partial charge in [0.15, 0.2) is 12.2 Å². The monoisotopic (exact) mass is 1350 g/mol. The number of unbranched alkanes of at least 4 members (excludes halogenated alkanes) is 34. The molecule has 0 aromatic rings. The summed E-state index contributed by atoms with van der Waals surface area (Å²) in [7, 11) is -9.91. The normalized spacial score (nSPS) is 14.8. The molecular weight excluding hydrogens is 1210 g/mol. The van der Waals surface area contributed by atoms with E-state index in [1.54, 1.807) is 0 Å². The van der Waals surface area contributed by atoms with E-state index in [4.69, 9.17) is 37.0 Å². The fourth-order valence-corrected chi connectivity index (χ4v) is 12.5. The molecule has 0 spiro atoms. The molecule has 92 heavy (non-hydrogen) atoms. The number of phosphoric acid groups is 2. The molecule has 0 aromatic heterocycles. The zero-order valence-corrected chi connectivity index (χ0v) is 62.0. The van der Waals surface area contributed by atoms with E-state index in [9.17, 15) is 43.2 Å². The number of rotatable bonds is 70. The number of esters is 4. The molecule has 0 bridgehead atoms. The van der Waals surface area contributed by atoms with Crippen LogP contribution < -0.4 is 0 Å². The average Bonchev–Trinajstić information content (AvgIpc) is 3.67. The van der Waals surface area contributed by atoms with Crippen molar-refractivity contribution in [2.75, 3.05) is 39.6 Å². The molecular formula is C73H142O17P2. The quantitative estimate of drug-likeness (QED) is 0.0222. The summed E-state index contributed by atoms with van der Waals surface area (Å²) in [4.78, 5) is 72.7. The van der Waals surface area contributed by atoms with Crippen LogP contribution in [-0.4, -0.2) is 96.7 Å². The number of hydrogen-bond donors (Lipinski definition) is 3. The van der Waals surface area contributed by atoms with E-state index in [2.05, 4.69) is 55.4 Å². The molecule has 7 atom stereocenters. The van der Waals surface area contributed by atoms with Gasteiger partial charge in [0.2, 0.25) is 0 Å². The molecule has 0 saturated heterocycles. The van der Waals surface area contributed by atoms with Gasteiger partial charge >= 0.3 is 39.5 Å². The van der Waals surface area contributed by atoms with E-state index in [0.717, 1.165) is 114 Å². The molecule has 0 amide bonds. The first-order chi connectivity index (χ1) is 44.2. The predicted octanol–water partition coefficient (Wildman–Crippen LogP) is 20.9. The summed E-state index contributed by atoms with van der Waals surface area (Å²) in [5.74, 6) is 0.958. The van der Waals surface area contributed by atoms with E-state index in [1.807, 2.05) is 0 Å². The Morgan fingerprint density at radius 1 is 0.304 bits per heavy atom. The van der Waals surface area contributed by atoms with Gasteiger partial charge in [-0.3, -0.25) is 37.3 Å². The third-order valence-electron chi connectivity index (χ3n) is 17.5. The average molecular weight is 1350 g/mol. The minimum Gasteiger partial charge on any atom is -0.462 e. The fraction of sp³-hybridized carbons (Fsp3) is 0.945. The lowest BCUT2D eigenvalue weighted by atomic mass is 9.99. The van der Waals surface area contributed by atoms with E-state index >= 15 is 0 Å². The van der Waals surface area contributed by atoms with E-state index in [0.29, 0.717) is 31.6 Å². The van der Waals surface area contributed by atoms with Crippen LogP contribution in [0.1, 0.15) is 364 Å². The Bertz CT molecular complexity index is 1820. The number of aliphatic hydroxyl groups excluding tert-OH is 1. The van der Waals surface area contributed by atoms with Crippen LogP contribution in [0.5, 0.6) is 0 Å². The molecule has 0 aromatic carbocycles. The summed E-state index contributed by atoms with van der Waals surface area (Å²) in [6, 6.07) is 0. The van der Waals surface area contributed by atoms with Crippen LogP contribution in [0.15, 0.2) is 0 Å². The first kappa shape index (κ1) is 90.1. The van der Waals surface area contributed by atoms with Gasteiger partial charge in [-0.2, -0.15) is 0 Å². The molecule has 0 heterocycles. The van der Waals surface area contributed by atoms with Gasteiger partial charge in [0.25, 0.3) is 0 Å². The SMILES string of the molecule is CCC(C)CCCCCCCCCCCCC(=O)OC[C@H](COP(=O)(O)OCC(O)COP(=O)(O)OC[C@@H](COC(=O)CCCCCCCCCC(C)C)OC(=O)CCCCCCCCCCCCC(C)CC)OC(=O)CCCCCCCCCCCCCC(C)C. The lowest BCUT2D eigenvalue weighted by Crippen LogP contribution is -2.30. The maximum atomic E-state index is 13.1. The number of aliphatic hydroxyl groups is 1. The molecule has 0 aliphatic rings. The minimum atomic E-state index is -4.96. The van der Waals surface area contributed by atoms with E-state index < -0.39 is 97.5 Å². The van der Waals surface area contributed by atoms with Crippen molar-refractivity contribution in [1.82, 2.24) is 0 Å². The Balaban J connectivity index is 5.27. The first-order valence-corrected chi connectivity index (χ1v) is 40.8. The van der Waals surface area contributed by atoms with E-state index in [1.165, 1.54) is 161 Å². The molecule has 0 rings (SSSR count). The van der Waals surface area contributed by atoms with Crippen LogP contribution >= 0.6 is 15.6 Å². The van der Waals surface area contributed by atoms with Crippen LogP contribution in [0.2, 0.25) is 0 Å². The molecule has 0 aliphatic carbocycles. The number of carbonyl (C=O) groups is 4. The van der Waals surface area contributed by atoms with Crippen molar-refractivity contribution < 1.29 is 80.2 Å². The molecule has 0 aliphatic heterocycles. The van der Waals surface area contributed by atoms with Crippen molar-refractivity contribution in [3.05, 3.63) is 0 Å². The van der Waals surface area contributed by atoms with Crippen LogP contribution in [0.4, 0.5) is 0 Å². The van der Waals surface area contributed by atoms with Gasteiger partial charge in [-0.05, 0) is 49.4 Å². The molecule has 19 heteroatoms. The van der Waals surface area contributed by atoms with Crippen molar-refractivity contribution in [2.45, 2.75) is 382 Å². The van der Waals surface area contributed by atoms with Crippen LogP contribution in [0.3, 0.4) is 0 Å². The lowest BCUT2D eigenvalue weighted by molar-refractivity contribution is -0.161. The highest BCUT2D eigenvalue weighted by Crippen LogP contribution is 2.45. The maximum absolute atomic E-state index is 13.1. The highest BCUT2D eigenvalue weighted by Gasteiger charge is 2.30. The Morgan fingerprint density at radius 2 is 0.522 bits per heavy atom. The summed E-state index contributed by atoms with van der Waals surface area (Å²) in [5.41, 5.74) is 0. The molecule has 0 fully saturated rings. The summed E-state index contributed by atoms with van der Waals surface area (Å²) < 4.78 is 68.4. The molecule has 546 valence electrons. The number of hydrogen-bond acceptors (Lipinski definition) is 15. The second kappa shape index (κ2) is 62.6. The second-order valence-corrected chi connectivity index (χ2v) is 30.7. The smallest absolute Gasteiger partial charge is 0.462 e. The Labute approximate surface area is 562 Å². The van der Waals surface area contributed by atoms with Gasteiger partial charge in [0.1, 0.15) is 19.3 Å². The summed E-state index contributed by atoms with van der Waals surface area (Å²) in [6.45, 7) is 14.2. The third kappa shape index (κ3) is 64.1. The molecule has 0 saturated carbocycles. The number of ether oxygens (including phenoxy) is 4. The van der Waals surface area contributed by atoms with Crippen LogP contribution in [0, 0.1) is 23.7 Å². The molecule has 0 radical (unpaired) electrons. The zero-order valence-electron chi connectivity index (χ0n) is 60.2. The van der Waals surface area contributed by atoms with Crippen molar-refractivity contribution >= 4 is 39.5 Å². The van der Waals surface area contributed by atoms with Gasteiger partial charge < -0.3 is 33.8 Å². The Kier molecular flexibility index (Phi) is 61.3. The predicted molar refractivity (Wildman–Crippen MR) is 372 cm³/mol. The highest BCUT2D eigenvalue weighted by atomic mass is 31.2. The summed E-state index contributed by atoms with van der Waals surface area (Å²) in [6.07, 6.45) is 45.7. The van der Waals surface area contributed by atoms with Crippen molar-refractivity contribution in [2.24, 2.45) is 23.7 Å². The third-order valence-corrected chi connectivity index (χ3v) is 19.4. The lowest BCUT2D eigenvalue weighted by Gasteiger charge is -2.21. The van der Waals surface area contributed by atoms with Gasteiger partial charge in [-0.15, -0.1) is 0 Å². The van der Waals surface area contributed by atoms with Gasteiger partial charge in [-0.1, -0.05) is 312 Å². The van der Waals surface area contributed by atoms with Crippen molar-refractivity contribution in [3.63, 3.8) is 0 Å². The topological polar surface area (TPSA) is 237 Å². The van der Waals surface area contributed by atoms with Crippen molar-refractivity contribution in [3.8, 4) is 0 Å². The van der Waals surface area contributed by atoms with Crippen molar-refractivity contribution in [1.29, 1.82) is 0 Å². The minimum absolute atomic E-state index is 0.105. The Hall–Kier alpha value is -1.94. The van der Waals surface area contributed by atoms with E-state index in [-0.39, 0.29) is 25.7 Å². The van der Waals surface area contributed by atoms with Gasteiger partial charge in [0.05, 0.1) is 26.4 Å². The largest absolute Gasteiger partial charge is 0.472 e. The second-order valence-electron chi connectivity index (χ2n) is 27.8. The first-order valence-electron chi connectivity index (χ1n) is 37.8.